The van der Waals surface area contributed by atoms with Crippen molar-refractivity contribution in [3.63, 3.8) is 0 Å². The van der Waals surface area contributed by atoms with Crippen LogP contribution in [0.5, 0.6) is 0 Å². The molecule has 0 amide bonds. The fourth-order valence-corrected chi connectivity index (χ4v) is 1.17. The Morgan fingerprint density at radius 3 is 2.75 bits per heavy atom. The molecule has 1 atom stereocenters. The molecule has 2 nitrogen and oxygen atoms in total. The zero-order chi connectivity index (χ0) is 9.03. The summed E-state index contributed by atoms with van der Waals surface area (Å²) in [5.74, 6) is 2.59. The minimum Gasteiger partial charge on any atom is -0.353 e. The van der Waals surface area contributed by atoms with Crippen molar-refractivity contribution in [3.8, 4) is 12.3 Å². The molecule has 1 heterocycles. The Kier molecular flexibility index (Phi) is 3.13. The van der Waals surface area contributed by atoms with Crippen LogP contribution < -0.4 is 0 Å². The van der Waals surface area contributed by atoms with E-state index in [0.29, 0.717) is 0 Å². The molecule has 0 aromatic rings. The van der Waals surface area contributed by atoms with Gasteiger partial charge >= 0.3 is 0 Å². The molecule has 0 aliphatic carbocycles. The molecule has 1 aliphatic rings. The maximum absolute atomic E-state index is 5.57. The molecular weight excluding hydrogens is 152 g/mol. The van der Waals surface area contributed by atoms with Gasteiger partial charge < -0.3 is 9.47 Å². The monoisotopic (exact) mass is 168 g/mol. The van der Waals surface area contributed by atoms with Crippen molar-refractivity contribution in [1.29, 1.82) is 0 Å². The average molecular weight is 168 g/mol. The molecule has 0 spiro atoms. The van der Waals surface area contributed by atoms with Crippen LogP contribution >= 0.6 is 0 Å². The summed E-state index contributed by atoms with van der Waals surface area (Å²) in [6.45, 7) is 4.56. The molecule has 0 radical (unpaired) electrons. The van der Waals surface area contributed by atoms with Gasteiger partial charge in [-0.15, -0.1) is 6.42 Å². The number of ether oxygens (including phenoxy) is 2. The molecule has 1 aliphatic heterocycles. The summed E-state index contributed by atoms with van der Waals surface area (Å²) in [5, 5.41) is 0. The van der Waals surface area contributed by atoms with E-state index >= 15 is 0 Å². The summed E-state index contributed by atoms with van der Waals surface area (Å²) in [7, 11) is 0. The van der Waals surface area contributed by atoms with Gasteiger partial charge in [-0.3, -0.25) is 0 Å². The highest BCUT2D eigenvalue weighted by Crippen LogP contribution is 2.19. The molecule has 0 bridgehead atoms. The highest BCUT2D eigenvalue weighted by Gasteiger charge is 2.23. The minimum atomic E-state index is -0.498. The average Bonchev–Trinajstić information content (AvgIpc) is 2.06. The quantitative estimate of drug-likeness (QED) is 0.587. The number of hydrogen-bond donors (Lipinski definition) is 0. The third kappa shape index (κ3) is 2.84. The second-order valence-corrected chi connectivity index (χ2v) is 3.57. The predicted octanol–water partition coefficient (Wildman–Crippen LogP) is 1.94. The number of terminal acetylenes is 1. The van der Waals surface area contributed by atoms with E-state index in [2.05, 4.69) is 5.92 Å². The maximum Gasteiger partial charge on any atom is 0.159 e. The Hall–Kier alpha value is -0.520. The van der Waals surface area contributed by atoms with Crippen LogP contribution in [0.4, 0.5) is 0 Å². The van der Waals surface area contributed by atoms with Gasteiger partial charge in [0.1, 0.15) is 5.60 Å². The Morgan fingerprint density at radius 1 is 1.50 bits per heavy atom. The van der Waals surface area contributed by atoms with E-state index in [1.165, 1.54) is 6.42 Å². The van der Waals surface area contributed by atoms with Gasteiger partial charge in [-0.2, -0.15) is 0 Å². The lowest BCUT2D eigenvalue weighted by atomic mass is 10.1. The molecule has 68 valence electrons. The van der Waals surface area contributed by atoms with E-state index in [-0.39, 0.29) is 6.29 Å². The standard InChI is InChI=1S/C10H16O2/c1-4-10(2,3)12-9-7-5-6-8-11-9/h1,9H,5-8H2,2-3H3/t9-/m0/s1. The van der Waals surface area contributed by atoms with Crippen LogP contribution in [-0.2, 0) is 9.47 Å². The Bertz CT molecular complexity index is 173. The Labute approximate surface area is 74.2 Å². The van der Waals surface area contributed by atoms with Gasteiger partial charge in [-0.05, 0) is 33.1 Å². The molecule has 0 saturated carbocycles. The fraction of sp³-hybridized carbons (Fsp3) is 0.800. The Morgan fingerprint density at radius 2 is 2.25 bits per heavy atom. The van der Waals surface area contributed by atoms with Crippen LogP contribution in [0.3, 0.4) is 0 Å². The van der Waals surface area contributed by atoms with Crippen LogP contribution in [-0.4, -0.2) is 18.5 Å². The fourth-order valence-electron chi connectivity index (χ4n) is 1.17. The second-order valence-electron chi connectivity index (χ2n) is 3.57. The molecule has 12 heavy (non-hydrogen) atoms. The molecule has 2 heteroatoms. The highest BCUT2D eigenvalue weighted by molar-refractivity contribution is 5.03. The van der Waals surface area contributed by atoms with Gasteiger partial charge in [0.15, 0.2) is 6.29 Å². The number of rotatable bonds is 2. The molecule has 1 fully saturated rings. The van der Waals surface area contributed by atoms with E-state index in [4.69, 9.17) is 15.9 Å². The second kappa shape index (κ2) is 3.93. The van der Waals surface area contributed by atoms with Crippen molar-refractivity contribution in [2.45, 2.75) is 45.0 Å². The van der Waals surface area contributed by atoms with Crippen LogP contribution in [0.25, 0.3) is 0 Å². The molecular formula is C10H16O2. The molecule has 1 saturated heterocycles. The summed E-state index contributed by atoms with van der Waals surface area (Å²) in [4.78, 5) is 0. The first kappa shape index (κ1) is 9.57. The lowest BCUT2D eigenvalue weighted by molar-refractivity contribution is -0.199. The first-order chi connectivity index (χ1) is 5.64. The maximum atomic E-state index is 5.57. The van der Waals surface area contributed by atoms with Crippen LogP contribution in [0.1, 0.15) is 33.1 Å². The first-order valence-corrected chi connectivity index (χ1v) is 4.41. The zero-order valence-corrected chi connectivity index (χ0v) is 7.80. The lowest BCUT2D eigenvalue weighted by Gasteiger charge is -2.29. The summed E-state index contributed by atoms with van der Waals surface area (Å²) in [5.41, 5.74) is -0.498. The van der Waals surface area contributed by atoms with Crippen molar-refractivity contribution < 1.29 is 9.47 Å². The van der Waals surface area contributed by atoms with Crippen LogP contribution in [0.15, 0.2) is 0 Å². The van der Waals surface area contributed by atoms with Crippen LogP contribution in [0.2, 0.25) is 0 Å². The third-order valence-electron chi connectivity index (χ3n) is 1.91. The third-order valence-corrected chi connectivity index (χ3v) is 1.91. The van der Waals surface area contributed by atoms with Crippen molar-refractivity contribution in [2.75, 3.05) is 6.61 Å². The summed E-state index contributed by atoms with van der Waals surface area (Å²) < 4.78 is 11.0. The summed E-state index contributed by atoms with van der Waals surface area (Å²) >= 11 is 0. The molecule has 0 aromatic heterocycles. The van der Waals surface area contributed by atoms with E-state index in [1.807, 2.05) is 13.8 Å². The van der Waals surface area contributed by atoms with E-state index in [0.717, 1.165) is 19.4 Å². The molecule has 0 aromatic carbocycles. The van der Waals surface area contributed by atoms with Crippen molar-refractivity contribution in [1.82, 2.24) is 0 Å². The van der Waals surface area contributed by atoms with Gasteiger partial charge in [0.05, 0.1) is 0 Å². The highest BCUT2D eigenvalue weighted by atomic mass is 16.7. The summed E-state index contributed by atoms with van der Waals surface area (Å²) in [6, 6.07) is 0. The molecule has 0 N–H and O–H groups in total. The van der Waals surface area contributed by atoms with Gasteiger partial charge in [0, 0.05) is 6.61 Å². The van der Waals surface area contributed by atoms with E-state index in [1.54, 1.807) is 0 Å². The van der Waals surface area contributed by atoms with Crippen LogP contribution in [0, 0.1) is 12.3 Å². The lowest BCUT2D eigenvalue weighted by Crippen LogP contribution is -2.32. The van der Waals surface area contributed by atoms with Gasteiger partial charge in [0.2, 0.25) is 0 Å². The Balaban J connectivity index is 2.35. The van der Waals surface area contributed by atoms with Crippen molar-refractivity contribution >= 4 is 0 Å². The molecule has 1 rings (SSSR count). The topological polar surface area (TPSA) is 18.5 Å². The SMILES string of the molecule is C#CC(C)(C)O[C@H]1CCCCO1. The van der Waals surface area contributed by atoms with E-state index < -0.39 is 5.60 Å². The normalized spacial score (nSPS) is 24.9. The molecule has 0 unspecified atom stereocenters. The first-order valence-electron chi connectivity index (χ1n) is 4.41. The van der Waals surface area contributed by atoms with Gasteiger partial charge in [-0.25, -0.2) is 0 Å². The largest absolute Gasteiger partial charge is 0.353 e. The predicted molar refractivity (Wildman–Crippen MR) is 47.6 cm³/mol. The van der Waals surface area contributed by atoms with Crippen molar-refractivity contribution in [2.24, 2.45) is 0 Å². The van der Waals surface area contributed by atoms with Gasteiger partial charge in [0.25, 0.3) is 0 Å². The minimum absolute atomic E-state index is 0.0928. The van der Waals surface area contributed by atoms with Crippen molar-refractivity contribution in [3.05, 3.63) is 0 Å². The smallest absolute Gasteiger partial charge is 0.159 e. The number of hydrogen-bond acceptors (Lipinski definition) is 2. The van der Waals surface area contributed by atoms with Gasteiger partial charge in [-0.1, -0.05) is 5.92 Å². The van der Waals surface area contributed by atoms with E-state index in [9.17, 15) is 0 Å². The zero-order valence-electron chi connectivity index (χ0n) is 7.80. The summed E-state index contributed by atoms with van der Waals surface area (Å²) in [6.07, 6.45) is 8.47.